The van der Waals surface area contributed by atoms with Crippen LogP contribution in [0.5, 0.6) is 0 Å². The first-order chi connectivity index (χ1) is 12.5. The lowest BCUT2D eigenvalue weighted by Crippen LogP contribution is -2.32. The number of nitrogens with zero attached hydrogens (tertiary/aromatic N) is 2. The van der Waals surface area contributed by atoms with E-state index in [2.05, 4.69) is 10.3 Å². The number of aromatic nitrogens is 1. The molecule has 0 bridgehead atoms. The molecular formula is C20H22FN3O2. The predicted octanol–water partition coefficient (Wildman–Crippen LogP) is 2.17. The molecule has 1 aromatic carbocycles. The van der Waals surface area contributed by atoms with Crippen molar-refractivity contribution in [1.29, 1.82) is 0 Å². The first kappa shape index (κ1) is 18.0. The highest BCUT2D eigenvalue weighted by Crippen LogP contribution is 2.40. The van der Waals surface area contributed by atoms with Gasteiger partial charge in [0.1, 0.15) is 5.82 Å². The van der Waals surface area contributed by atoms with Crippen molar-refractivity contribution >= 4 is 11.8 Å². The van der Waals surface area contributed by atoms with E-state index >= 15 is 0 Å². The number of pyridine rings is 1. The van der Waals surface area contributed by atoms with Crippen molar-refractivity contribution in [2.45, 2.75) is 19.4 Å². The third-order valence-corrected chi connectivity index (χ3v) is 4.69. The number of benzene rings is 1. The smallest absolute Gasteiger partial charge is 0.226 e. The van der Waals surface area contributed by atoms with Gasteiger partial charge in [-0.2, -0.15) is 0 Å². The van der Waals surface area contributed by atoms with E-state index in [9.17, 15) is 14.0 Å². The van der Waals surface area contributed by atoms with Gasteiger partial charge < -0.3 is 10.2 Å². The summed E-state index contributed by atoms with van der Waals surface area (Å²) in [5.41, 5.74) is 1.96. The molecule has 6 heteroatoms. The molecule has 0 spiro atoms. The summed E-state index contributed by atoms with van der Waals surface area (Å²) >= 11 is 0. The maximum Gasteiger partial charge on any atom is 0.226 e. The fourth-order valence-corrected chi connectivity index (χ4v) is 2.92. The van der Waals surface area contributed by atoms with Crippen LogP contribution in [0.2, 0.25) is 0 Å². The summed E-state index contributed by atoms with van der Waals surface area (Å²) < 4.78 is 12.9. The standard InChI is InChI=1S/C20H22FN3O2/c1-24(11-8-14-6-9-22-10-7-14)20(26)18-12-17(18)19(25)23-13-15-2-4-16(21)5-3-15/h2-7,9-10,17-18H,8,11-13H2,1H3,(H,23,25). The monoisotopic (exact) mass is 355 g/mol. The summed E-state index contributed by atoms with van der Waals surface area (Å²) in [6.07, 6.45) is 4.83. The molecule has 0 saturated heterocycles. The maximum atomic E-state index is 12.9. The third kappa shape index (κ3) is 4.65. The Bertz CT molecular complexity index is 764. The van der Waals surface area contributed by atoms with Crippen molar-refractivity contribution in [3.63, 3.8) is 0 Å². The molecule has 2 aromatic rings. The van der Waals surface area contributed by atoms with Crippen LogP contribution in [0.3, 0.4) is 0 Å². The van der Waals surface area contributed by atoms with Gasteiger partial charge in [0, 0.05) is 32.5 Å². The van der Waals surface area contributed by atoms with Crippen LogP contribution in [0.25, 0.3) is 0 Å². The quantitative estimate of drug-likeness (QED) is 0.828. The van der Waals surface area contributed by atoms with Crippen LogP contribution in [0, 0.1) is 17.7 Å². The number of nitrogens with one attached hydrogen (secondary N) is 1. The van der Waals surface area contributed by atoms with Gasteiger partial charge >= 0.3 is 0 Å². The van der Waals surface area contributed by atoms with Gasteiger partial charge in [-0.1, -0.05) is 12.1 Å². The van der Waals surface area contributed by atoms with Gasteiger partial charge in [-0.15, -0.1) is 0 Å². The Hall–Kier alpha value is -2.76. The number of hydrogen-bond acceptors (Lipinski definition) is 3. The van der Waals surface area contributed by atoms with Crippen molar-refractivity contribution in [1.82, 2.24) is 15.2 Å². The van der Waals surface area contributed by atoms with E-state index in [0.29, 0.717) is 19.5 Å². The molecule has 1 N–H and O–H groups in total. The minimum atomic E-state index is -0.303. The highest BCUT2D eigenvalue weighted by molar-refractivity contribution is 5.92. The molecule has 136 valence electrons. The second-order valence-corrected chi connectivity index (χ2v) is 6.66. The number of carbonyl (C=O) groups excluding carboxylic acids is 2. The Kier molecular flexibility index (Phi) is 5.61. The summed E-state index contributed by atoms with van der Waals surface area (Å²) in [7, 11) is 1.77. The number of likely N-dealkylation sites (N-methyl/N-ethyl adjacent to an activating group) is 1. The Morgan fingerprint density at radius 2 is 1.81 bits per heavy atom. The third-order valence-electron chi connectivity index (χ3n) is 4.69. The lowest BCUT2D eigenvalue weighted by Gasteiger charge is -2.17. The van der Waals surface area contributed by atoms with Crippen molar-refractivity contribution < 1.29 is 14.0 Å². The Balaban J connectivity index is 1.42. The van der Waals surface area contributed by atoms with E-state index in [0.717, 1.165) is 17.5 Å². The molecule has 0 radical (unpaired) electrons. The number of hydrogen-bond donors (Lipinski definition) is 1. The fourth-order valence-electron chi connectivity index (χ4n) is 2.92. The average Bonchev–Trinajstić information content (AvgIpc) is 3.46. The summed E-state index contributed by atoms with van der Waals surface area (Å²) in [6.45, 7) is 0.956. The zero-order valence-electron chi connectivity index (χ0n) is 14.7. The van der Waals surface area contributed by atoms with Crippen LogP contribution in [0.1, 0.15) is 17.5 Å². The molecule has 1 aliphatic rings. The summed E-state index contributed by atoms with van der Waals surface area (Å²) in [4.78, 5) is 30.3. The SMILES string of the molecule is CN(CCc1ccncc1)C(=O)C1CC1C(=O)NCc1ccc(F)cc1. The van der Waals surface area contributed by atoms with Gasteiger partial charge in [0.15, 0.2) is 0 Å². The van der Waals surface area contributed by atoms with Crippen LogP contribution >= 0.6 is 0 Å². The number of amides is 2. The lowest BCUT2D eigenvalue weighted by atomic mass is 10.2. The minimum absolute atomic E-state index is 0.0148. The molecular weight excluding hydrogens is 333 g/mol. The van der Waals surface area contributed by atoms with Crippen LogP contribution in [-0.4, -0.2) is 35.3 Å². The number of halogens is 1. The normalized spacial score (nSPS) is 18.2. The van der Waals surface area contributed by atoms with E-state index in [1.807, 2.05) is 12.1 Å². The minimum Gasteiger partial charge on any atom is -0.352 e. The van der Waals surface area contributed by atoms with Crippen molar-refractivity contribution in [2.75, 3.05) is 13.6 Å². The van der Waals surface area contributed by atoms with Gasteiger partial charge in [0.05, 0.1) is 11.8 Å². The average molecular weight is 355 g/mol. The molecule has 3 rings (SSSR count). The highest BCUT2D eigenvalue weighted by Gasteiger charge is 2.48. The van der Waals surface area contributed by atoms with Gasteiger partial charge in [-0.3, -0.25) is 14.6 Å². The van der Waals surface area contributed by atoms with Crippen LogP contribution in [0.15, 0.2) is 48.8 Å². The van der Waals surface area contributed by atoms with Gasteiger partial charge in [0.2, 0.25) is 11.8 Å². The van der Waals surface area contributed by atoms with E-state index in [4.69, 9.17) is 0 Å². The largest absolute Gasteiger partial charge is 0.352 e. The predicted molar refractivity (Wildman–Crippen MR) is 95.4 cm³/mol. The van der Waals surface area contributed by atoms with Gasteiger partial charge in [-0.25, -0.2) is 4.39 Å². The first-order valence-corrected chi connectivity index (χ1v) is 8.70. The fraction of sp³-hybridized carbons (Fsp3) is 0.350. The molecule has 2 atom stereocenters. The first-order valence-electron chi connectivity index (χ1n) is 8.70. The Morgan fingerprint density at radius 1 is 1.12 bits per heavy atom. The molecule has 1 saturated carbocycles. The van der Waals surface area contributed by atoms with Crippen molar-refractivity contribution in [3.8, 4) is 0 Å². The number of carbonyl (C=O) groups is 2. The van der Waals surface area contributed by atoms with Crippen molar-refractivity contribution in [2.24, 2.45) is 11.8 Å². The molecule has 0 aliphatic heterocycles. The zero-order valence-corrected chi connectivity index (χ0v) is 14.7. The van der Waals surface area contributed by atoms with Crippen LogP contribution < -0.4 is 5.32 Å². The summed E-state index contributed by atoms with van der Waals surface area (Å²) in [5, 5.41) is 2.82. The highest BCUT2D eigenvalue weighted by atomic mass is 19.1. The van der Waals surface area contributed by atoms with E-state index in [1.54, 1.807) is 36.5 Å². The molecule has 5 nitrogen and oxygen atoms in total. The molecule has 1 heterocycles. The second kappa shape index (κ2) is 8.08. The Morgan fingerprint density at radius 3 is 2.50 bits per heavy atom. The molecule has 1 aromatic heterocycles. The molecule has 1 fully saturated rings. The topological polar surface area (TPSA) is 62.3 Å². The molecule has 1 aliphatic carbocycles. The lowest BCUT2D eigenvalue weighted by molar-refractivity contribution is -0.133. The Labute approximate surface area is 152 Å². The van der Waals surface area contributed by atoms with Crippen molar-refractivity contribution in [3.05, 3.63) is 65.7 Å². The maximum absolute atomic E-state index is 12.9. The molecule has 2 amide bonds. The van der Waals surface area contributed by atoms with E-state index in [1.165, 1.54) is 12.1 Å². The summed E-state index contributed by atoms with van der Waals surface area (Å²) in [5.74, 6) is -0.893. The van der Waals surface area contributed by atoms with Gasteiger partial charge in [-0.05, 0) is 48.2 Å². The second-order valence-electron chi connectivity index (χ2n) is 6.66. The zero-order chi connectivity index (χ0) is 18.5. The molecule has 26 heavy (non-hydrogen) atoms. The van der Waals surface area contributed by atoms with Crippen LogP contribution in [-0.2, 0) is 22.6 Å². The van der Waals surface area contributed by atoms with Crippen LogP contribution in [0.4, 0.5) is 4.39 Å². The van der Waals surface area contributed by atoms with E-state index < -0.39 is 0 Å². The summed E-state index contributed by atoms with van der Waals surface area (Å²) in [6, 6.07) is 9.86. The number of rotatable bonds is 7. The molecule has 2 unspecified atom stereocenters. The van der Waals surface area contributed by atoms with E-state index in [-0.39, 0.29) is 29.5 Å². The van der Waals surface area contributed by atoms with Gasteiger partial charge in [0.25, 0.3) is 0 Å².